The van der Waals surface area contributed by atoms with E-state index in [0.29, 0.717) is 12.0 Å². The number of aromatic nitrogens is 2. The van der Waals surface area contributed by atoms with Crippen molar-refractivity contribution < 1.29 is 0 Å². The molecule has 4 nitrogen and oxygen atoms in total. The number of hydrogen-bond acceptors (Lipinski definition) is 3. The zero-order valence-corrected chi connectivity index (χ0v) is 9.75. The maximum Gasteiger partial charge on any atom is 0.124 e. The minimum Gasteiger partial charge on any atom is -0.344 e. The number of piperazine rings is 1. The summed E-state index contributed by atoms with van der Waals surface area (Å²) in [5.74, 6) is 1.61. The highest BCUT2D eigenvalue weighted by molar-refractivity contribution is 5.09. The normalized spacial score (nSPS) is 23.6. The summed E-state index contributed by atoms with van der Waals surface area (Å²) in [5.41, 5.74) is 1.23. The largest absolute Gasteiger partial charge is 0.344 e. The number of nitrogens with zero attached hydrogens (tertiary/aromatic N) is 2. The Morgan fingerprint density at radius 2 is 2.33 bits per heavy atom. The Bertz CT molecular complexity index is 318. The SMILES string of the molecule is CC(C)c1cnc(C2CNCCN2C)[nH]1. The minimum absolute atomic E-state index is 0.395. The van der Waals surface area contributed by atoms with Crippen molar-refractivity contribution >= 4 is 0 Å². The quantitative estimate of drug-likeness (QED) is 0.765. The van der Waals surface area contributed by atoms with Gasteiger partial charge in [0.2, 0.25) is 0 Å². The van der Waals surface area contributed by atoms with E-state index in [2.05, 4.69) is 41.1 Å². The first-order valence-electron chi connectivity index (χ1n) is 5.64. The second-order valence-corrected chi connectivity index (χ2v) is 4.58. The predicted octanol–water partition coefficient (Wildman–Crippen LogP) is 1.11. The first kappa shape index (κ1) is 10.6. The van der Waals surface area contributed by atoms with Gasteiger partial charge in [0.05, 0.1) is 6.04 Å². The molecule has 0 radical (unpaired) electrons. The second-order valence-electron chi connectivity index (χ2n) is 4.58. The highest BCUT2D eigenvalue weighted by atomic mass is 15.2. The van der Waals surface area contributed by atoms with E-state index >= 15 is 0 Å². The van der Waals surface area contributed by atoms with Gasteiger partial charge in [-0.1, -0.05) is 13.8 Å². The maximum absolute atomic E-state index is 4.47. The van der Waals surface area contributed by atoms with E-state index in [-0.39, 0.29) is 0 Å². The van der Waals surface area contributed by atoms with Crippen molar-refractivity contribution in [2.45, 2.75) is 25.8 Å². The molecule has 84 valence electrons. The summed E-state index contributed by atoms with van der Waals surface area (Å²) in [6.45, 7) is 7.51. The molecule has 0 aliphatic carbocycles. The summed E-state index contributed by atoms with van der Waals surface area (Å²) < 4.78 is 0. The molecular weight excluding hydrogens is 188 g/mol. The van der Waals surface area contributed by atoms with Crippen LogP contribution in [0.2, 0.25) is 0 Å². The number of nitrogens with one attached hydrogen (secondary N) is 2. The lowest BCUT2D eigenvalue weighted by atomic mass is 10.1. The van der Waals surface area contributed by atoms with Gasteiger partial charge in [0.15, 0.2) is 0 Å². The number of likely N-dealkylation sites (N-methyl/N-ethyl adjacent to an activating group) is 1. The molecule has 0 bridgehead atoms. The molecule has 0 amide bonds. The first-order chi connectivity index (χ1) is 7.18. The van der Waals surface area contributed by atoms with Gasteiger partial charge in [0.25, 0.3) is 0 Å². The van der Waals surface area contributed by atoms with Crippen molar-refractivity contribution in [1.29, 1.82) is 0 Å². The van der Waals surface area contributed by atoms with Crippen molar-refractivity contribution in [3.63, 3.8) is 0 Å². The Morgan fingerprint density at radius 3 is 2.93 bits per heavy atom. The van der Waals surface area contributed by atoms with Crippen LogP contribution in [0.15, 0.2) is 6.20 Å². The Labute approximate surface area is 91.1 Å². The van der Waals surface area contributed by atoms with Gasteiger partial charge < -0.3 is 10.3 Å². The first-order valence-corrected chi connectivity index (χ1v) is 5.64. The number of H-pyrrole nitrogens is 1. The summed E-state index contributed by atoms with van der Waals surface area (Å²) in [4.78, 5) is 10.2. The van der Waals surface area contributed by atoms with E-state index in [1.807, 2.05) is 6.20 Å². The molecule has 2 rings (SSSR count). The van der Waals surface area contributed by atoms with Crippen LogP contribution >= 0.6 is 0 Å². The van der Waals surface area contributed by atoms with Crippen LogP contribution in [0.1, 0.15) is 37.3 Å². The predicted molar refractivity (Wildman–Crippen MR) is 60.9 cm³/mol. The van der Waals surface area contributed by atoms with Crippen molar-refractivity contribution in [2.75, 3.05) is 26.7 Å². The summed E-state index contributed by atoms with van der Waals surface area (Å²) in [6.07, 6.45) is 1.96. The van der Waals surface area contributed by atoms with Crippen LogP contribution in [-0.4, -0.2) is 41.5 Å². The van der Waals surface area contributed by atoms with Gasteiger partial charge in [-0.05, 0) is 13.0 Å². The molecule has 1 aromatic heterocycles. The van der Waals surface area contributed by atoms with Crippen molar-refractivity contribution in [3.05, 3.63) is 17.7 Å². The average molecular weight is 208 g/mol. The molecule has 2 N–H and O–H groups in total. The molecular formula is C11H20N4. The van der Waals surface area contributed by atoms with Crippen molar-refractivity contribution in [3.8, 4) is 0 Å². The molecule has 0 spiro atoms. The van der Waals surface area contributed by atoms with Gasteiger partial charge in [-0.2, -0.15) is 0 Å². The fourth-order valence-corrected chi connectivity index (χ4v) is 1.93. The monoisotopic (exact) mass is 208 g/mol. The minimum atomic E-state index is 0.395. The maximum atomic E-state index is 4.47. The standard InChI is InChI=1S/C11H20N4/c1-8(2)9-6-13-11(14-9)10-7-12-4-5-15(10)3/h6,8,10,12H,4-5,7H2,1-3H3,(H,13,14). The molecule has 1 atom stereocenters. The van der Waals surface area contributed by atoms with Gasteiger partial charge >= 0.3 is 0 Å². The van der Waals surface area contributed by atoms with Gasteiger partial charge in [0.1, 0.15) is 5.82 Å². The van der Waals surface area contributed by atoms with Gasteiger partial charge in [0, 0.05) is 31.5 Å². The summed E-state index contributed by atoms with van der Waals surface area (Å²) in [5, 5.41) is 3.40. The Balaban J connectivity index is 2.13. The molecule has 4 heteroatoms. The van der Waals surface area contributed by atoms with E-state index in [0.717, 1.165) is 25.5 Å². The third-order valence-electron chi connectivity index (χ3n) is 3.06. The number of imidazole rings is 1. The highest BCUT2D eigenvalue weighted by Gasteiger charge is 2.23. The molecule has 15 heavy (non-hydrogen) atoms. The Hall–Kier alpha value is -0.870. The Morgan fingerprint density at radius 1 is 1.53 bits per heavy atom. The van der Waals surface area contributed by atoms with E-state index in [1.54, 1.807) is 0 Å². The van der Waals surface area contributed by atoms with Gasteiger partial charge in [-0.25, -0.2) is 4.98 Å². The molecule has 1 aliphatic rings. The highest BCUT2D eigenvalue weighted by Crippen LogP contribution is 2.20. The van der Waals surface area contributed by atoms with Crippen LogP contribution in [-0.2, 0) is 0 Å². The molecule has 1 aliphatic heterocycles. The van der Waals surface area contributed by atoms with Crippen LogP contribution in [0.3, 0.4) is 0 Å². The van der Waals surface area contributed by atoms with Crippen LogP contribution in [0.25, 0.3) is 0 Å². The summed E-state index contributed by atoms with van der Waals surface area (Å²) in [7, 11) is 2.16. The average Bonchev–Trinajstić information content (AvgIpc) is 2.67. The number of rotatable bonds is 2. The second kappa shape index (κ2) is 4.33. The lowest BCUT2D eigenvalue weighted by Gasteiger charge is -2.31. The number of hydrogen-bond donors (Lipinski definition) is 2. The van der Waals surface area contributed by atoms with Crippen LogP contribution in [0.5, 0.6) is 0 Å². The van der Waals surface area contributed by atoms with Crippen LogP contribution in [0.4, 0.5) is 0 Å². The van der Waals surface area contributed by atoms with E-state index < -0.39 is 0 Å². The van der Waals surface area contributed by atoms with Crippen molar-refractivity contribution in [2.24, 2.45) is 0 Å². The van der Waals surface area contributed by atoms with Gasteiger partial charge in [-0.15, -0.1) is 0 Å². The van der Waals surface area contributed by atoms with Gasteiger partial charge in [-0.3, -0.25) is 4.90 Å². The van der Waals surface area contributed by atoms with Crippen LogP contribution < -0.4 is 5.32 Å². The third-order valence-corrected chi connectivity index (χ3v) is 3.06. The molecule has 1 unspecified atom stereocenters. The molecule has 0 aromatic carbocycles. The molecule has 1 saturated heterocycles. The smallest absolute Gasteiger partial charge is 0.124 e. The van der Waals surface area contributed by atoms with E-state index in [9.17, 15) is 0 Å². The Kier molecular flexibility index (Phi) is 3.07. The van der Waals surface area contributed by atoms with E-state index in [1.165, 1.54) is 5.69 Å². The lowest BCUT2D eigenvalue weighted by molar-refractivity contribution is 0.195. The van der Waals surface area contributed by atoms with Crippen molar-refractivity contribution in [1.82, 2.24) is 20.2 Å². The fourth-order valence-electron chi connectivity index (χ4n) is 1.93. The number of aromatic amines is 1. The molecule has 1 fully saturated rings. The third kappa shape index (κ3) is 2.21. The lowest BCUT2D eigenvalue weighted by Crippen LogP contribution is -2.44. The summed E-state index contributed by atoms with van der Waals surface area (Å²) in [6, 6.07) is 0.395. The zero-order chi connectivity index (χ0) is 10.8. The molecule has 2 heterocycles. The molecule has 1 aromatic rings. The van der Waals surface area contributed by atoms with E-state index in [4.69, 9.17) is 0 Å². The topological polar surface area (TPSA) is 44.0 Å². The van der Waals surface area contributed by atoms with Crippen LogP contribution in [0, 0.1) is 0 Å². The zero-order valence-electron chi connectivity index (χ0n) is 9.75. The fraction of sp³-hybridized carbons (Fsp3) is 0.727. The molecule has 0 saturated carbocycles. The summed E-state index contributed by atoms with van der Waals surface area (Å²) >= 11 is 0.